The van der Waals surface area contributed by atoms with Crippen LogP contribution < -0.4 is 10.1 Å². The lowest BCUT2D eigenvalue weighted by Gasteiger charge is -2.16. The van der Waals surface area contributed by atoms with Crippen LogP contribution in [-0.4, -0.2) is 13.2 Å². The third-order valence-electron chi connectivity index (χ3n) is 4.48. The summed E-state index contributed by atoms with van der Waals surface area (Å²) in [5.74, 6) is 1.85. The van der Waals surface area contributed by atoms with Crippen LogP contribution in [-0.2, 0) is 12.8 Å². The Bertz CT molecular complexity index is 498. The summed E-state index contributed by atoms with van der Waals surface area (Å²) >= 11 is 0. The van der Waals surface area contributed by atoms with Crippen LogP contribution in [0.2, 0.25) is 0 Å². The maximum Gasteiger partial charge on any atom is 0.122 e. The molecule has 0 unspecified atom stereocenters. The average molecular weight is 289 g/mol. The predicted octanol–water partition coefficient (Wildman–Crippen LogP) is 4.83. The standard InChI is InChI=1S/C17H23NO.C2H6.H2/c1-3-12(2)18-10-8-14-5-4-13-6-7-16-15(17(13)14)9-11-19-16;1-2;/h6-7,14,18H,2-5,8-11H2,1H3;1-2H3;1H/t14-;;/m0../s1. The smallest absolute Gasteiger partial charge is 0.122 e. The Balaban J connectivity index is 0.000000775. The summed E-state index contributed by atoms with van der Waals surface area (Å²) in [6, 6.07) is 4.44. The van der Waals surface area contributed by atoms with Crippen molar-refractivity contribution in [2.75, 3.05) is 13.2 Å². The number of benzene rings is 1. The molecule has 1 aliphatic carbocycles. The summed E-state index contributed by atoms with van der Waals surface area (Å²) in [5.41, 5.74) is 5.82. The number of fused-ring (bicyclic) bond motifs is 3. The highest BCUT2D eigenvalue weighted by atomic mass is 16.5. The highest BCUT2D eigenvalue weighted by Gasteiger charge is 2.28. The van der Waals surface area contributed by atoms with Crippen molar-refractivity contribution in [2.45, 2.75) is 58.8 Å². The Morgan fingerprint density at radius 3 is 2.95 bits per heavy atom. The molecule has 1 aromatic carbocycles. The van der Waals surface area contributed by atoms with Crippen molar-refractivity contribution in [1.29, 1.82) is 0 Å². The minimum atomic E-state index is 0. The van der Waals surface area contributed by atoms with Crippen molar-refractivity contribution in [2.24, 2.45) is 0 Å². The lowest BCUT2D eigenvalue weighted by molar-refractivity contribution is 0.357. The van der Waals surface area contributed by atoms with Crippen molar-refractivity contribution in [1.82, 2.24) is 5.32 Å². The zero-order valence-electron chi connectivity index (χ0n) is 13.8. The number of allylic oxidation sites excluding steroid dienone is 1. The summed E-state index contributed by atoms with van der Waals surface area (Å²) in [5, 5.41) is 3.43. The summed E-state index contributed by atoms with van der Waals surface area (Å²) < 4.78 is 5.70. The molecule has 21 heavy (non-hydrogen) atoms. The SMILES string of the molecule is C=C(CC)NCC[C@@H]1CCc2ccc3c(c21)CCO3.CC.[HH]. The van der Waals surface area contributed by atoms with E-state index in [-0.39, 0.29) is 1.43 Å². The van der Waals surface area contributed by atoms with E-state index in [1.54, 1.807) is 11.1 Å². The van der Waals surface area contributed by atoms with E-state index in [9.17, 15) is 0 Å². The molecule has 0 aromatic heterocycles. The first kappa shape index (κ1) is 15.9. The van der Waals surface area contributed by atoms with Crippen LogP contribution in [0.15, 0.2) is 24.4 Å². The van der Waals surface area contributed by atoms with E-state index in [0.29, 0.717) is 5.92 Å². The largest absolute Gasteiger partial charge is 0.493 e. The molecule has 1 aliphatic heterocycles. The van der Waals surface area contributed by atoms with Gasteiger partial charge >= 0.3 is 0 Å². The first-order valence-corrected chi connectivity index (χ1v) is 8.48. The fourth-order valence-corrected chi connectivity index (χ4v) is 3.39. The number of rotatable bonds is 5. The van der Waals surface area contributed by atoms with Gasteiger partial charge in [-0.1, -0.05) is 33.4 Å². The van der Waals surface area contributed by atoms with Crippen molar-refractivity contribution < 1.29 is 6.16 Å². The molecule has 0 saturated heterocycles. The zero-order valence-corrected chi connectivity index (χ0v) is 13.8. The first-order chi connectivity index (χ1) is 10.3. The van der Waals surface area contributed by atoms with E-state index in [4.69, 9.17) is 4.74 Å². The molecule has 0 saturated carbocycles. The second-order valence-electron chi connectivity index (χ2n) is 5.62. The monoisotopic (exact) mass is 289 g/mol. The Morgan fingerprint density at radius 2 is 2.19 bits per heavy atom. The highest BCUT2D eigenvalue weighted by Crippen LogP contribution is 2.42. The predicted molar refractivity (Wildman–Crippen MR) is 92.2 cm³/mol. The van der Waals surface area contributed by atoms with E-state index >= 15 is 0 Å². The van der Waals surface area contributed by atoms with E-state index < -0.39 is 0 Å². The topological polar surface area (TPSA) is 21.3 Å². The van der Waals surface area contributed by atoms with Gasteiger partial charge in [-0.05, 0) is 48.8 Å². The van der Waals surface area contributed by atoms with E-state index in [1.165, 1.54) is 24.8 Å². The van der Waals surface area contributed by atoms with Gasteiger partial charge in [0.25, 0.3) is 0 Å². The number of ether oxygens (including phenoxy) is 1. The molecule has 3 rings (SSSR count). The molecule has 2 nitrogen and oxygen atoms in total. The van der Waals surface area contributed by atoms with Crippen LogP contribution in [0.3, 0.4) is 0 Å². The minimum Gasteiger partial charge on any atom is -0.493 e. The molecule has 1 N–H and O–H groups in total. The Kier molecular flexibility index (Phi) is 5.72. The van der Waals surface area contributed by atoms with Gasteiger partial charge in [0, 0.05) is 25.7 Å². The second-order valence-corrected chi connectivity index (χ2v) is 5.62. The molecule has 0 bridgehead atoms. The molecular weight excluding hydrogens is 258 g/mol. The van der Waals surface area contributed by atoms with Crippen molar-refractivity contribution in [3.8, 4) is 5.75 Å². The van der Waals surface area contributed by atoms with Gasteiger partial charge in [0.1, 0.15) is 5.75 Å². The first-order valence-electron chi connectivity index (χ1n) is 8.48. The lowest BCUT2D eigenvalue weighted by Crippen LogP contribution is -2.15. The summed E-state index contributed by atoms with van der Waals surface area (Å²) in [6.07, 6.45) is 5.87. The minimum absolute atomic E-state index is 0. The van der Waals surface area contributed by atoms with Crippen LogP contribution in [0.5, 0.6) is 5.75 Å². The third-order valence-corrected chi connectivity index (χ3v) is 4.48. The molecule has 0 amide bonds. The normalized spacial score (nSPS) is 18.1. The van der Waals surface area contributed by atoms with Crippen LogP contribution in [0.25, 0.3) is 0 Å². The van der Waals surface area contributed by atoms with Crippen molar-refractivity contribution in [3.05, 3.63) is 41.1 Å². The lowest BCUT2D eigenvalue weighted by atomic mass is 9.92. The summed E-state index contributed by atoms with van der Waals surface area (Å²) in [4.78, 5) is 0. The van der Waals surface area contributed by atoms with Gasteiger partial charge in [-0.3, -0.25) is 0 Å². The molecule has 1 atom stereocenters. The van der Waals surface area contributed by atoms with Crippen molar-refractivity contribution in [3.63, 3.8) is 0 Å². The molecule has 0 fully saturated rings. The second kappa shape index (κ2) is 7.53. The van der Waals surface area contributed by atoms with Gasteiger partial charge in [0.15, 0.2) is 0 Å². The van der Waals surface area contributed by atoms with E-state index in [0.717, 1.165) is 37.4 Å². The maximum atomic E-state index is 5.70. The summed E-state index contributed by atoms with van der Waals surface area (Å²) in [6.45, 7) is 12.1. The summed E-state index contributed by atoms with van der Waals surface area (Å²) in [7, 11) is 0. The van der Waals surface area contributed by atoms with Gasteiger partial charge in [-0.2, -0.15) is 0 Å². The molecule has 0 spiro atoms. The number of aryl methyl sites for hydroxylation is 1. The van der Waals surface area contributed by atoms with Crippen LogP contribution in [0.1, 0.15) is 64.1 Å². The quantitative estimate of drug-likeness (QED) is 0.838. The Hall–Kier alpha value is -1.44. The molecule has 1 aromatic rings. The van der Waals surface area contributed by atoms with Crippen molar-refractivity contribution >= 4 is 0 Å². The molecule has 2 aliphatic rings. The fourth-order valence-electron chi connectivity index (χ4n) is 3.39. The number of hydrogen-bond donors (Lipinski definition) is 1. The Labute approximate surface area is 131 Å². The van der Waals surface area contributed by atoms with Crippen LogP contribution in [0.4, 0.5) is 0 Å². The Morgan fingerprint density at radius 1 is 1.38 bits per heavy atom. The van der Waals surface area contributed by atoms with Gasteiger partial charge < -0.3 is 10.1 Å². The molecular formula is C19H31NO. The molecule has 1 heterocycles. The van der Waals surface area contributed by atoms with Crippen LogP contribution >= 0.6 is 0 Å². The molecule has 2 heteroatoms. The number of hydrogen-bond acceptors (Lipinski definition) is 2. The molecule has 118 valence electrons. The molecule has 0 radical (unpaired) electrons. The maximum absolute atomic E-state index is 5.70. The van der Waals surface area contributed by atoms with Gasteiger partial charge in [-0.15, -0.1) is 0 Å². The van der Waals surface area contributed by atoms with Crippen LogP contribution in [0, 0.1) is 0 Å². The van der Waals surface area contributed by atoms with Gasteiger partial charge in [-0.25, -0.2) is 0 Å². The fraction of sp³-hybridized carbons (Fsp3) is 0.579. The van der Waals surface area contributed by atoms with Gasteiger partial charge in [0.05, 0.1) is 6.61 Å². The van der Waals surface area contributed by atoms with E-state index in [2.05, 4.69) is 31.0 Å². The van der Waals surface area contributed by atoms with E-state index in [1.807, 2.05) is 13.8 Å². The van der Waals surface area contributed by atoms with Gasteiger partial charge in [0.2, 0.25) is 0 Å². The zero-order chi connectivity index (χ0) is 15.2. The highest BCUT2D eigenvalue weighted by molar-refractivity contribution is 5.51. The average Bonchev–Trinajstić information content (AvgIpc) is 3.14. The third kappa shape index (κ3) is 3.42. The number of nitrogens with one attached hydrogen (secondary N) is 1.